The third-order valence-electron chi connectivity index (χ3n) is 3.72. The van der Waals surface area contributed by atoms with E-state index in [0.29, 0.717) is 0 Å². The minimum Gasteiger partial charge on any atom is -0.255 e. The summed E-state index contributed by atoms with van der Waals surface area (Å²) in [6.45, 7) is 3.06. The van der Waals surface area contributed by atoms with Crippen molar-refractivity contribution in [1.29, 1.82) is 0 Å². The van der Waals surface area contributed by atoms with Crippen LogP contribution in [0.4, 0.5) is 0 Å². The van der Waals surface area contributed by atoms with Crippen LogP contribution in [0.2, 0.25) is 0 Å². The lowest BCUT2D eigenvalue weighted by atomic mass is 10.3. The van der Waals surface area contributed by atoms with E-state index >= 15 is 0 Å². The molecule has 7 nitrogen and oxygen atoms in total. The third kappa shape index (κ3) is 5.12. The monoisotopic (exact) mass is 367 g/mol. The predicted octanol–water partition coefficient (Wildman–Crippen LogP) is 3.49. The summed E-state index contributed by atoms with van der Waals surface area (Å²) >= 11 is 0. The van der Waals surface area contributed by atoms with Gasteiger partial charge in [-0.2, -0.15) is 4.52 Å². The first-order valence-corrected chi connectivity index (χ1v) is 11.3. The Labute approximate surface area is 145 Å². The van der Waals surface area contributed by atoms with E-state index in [0.717, 1.165) is 19.4 Å². The van der Waals surface area contributed by atoms with Crippen molar-refractivity contribution in [2.75, 3.05) is 77.0 Å². The van der Waals surface area contributed by atoms with Crippen LogP contribution in [0.1, 0.15) is 19.8 Å². The van der Waals surface area contributed by atoms with Gasteiger partial charge in [0.2, 0.25) is 7.51 Å². The summed E-state index contributed by atoms with van der Waals surface area (Å²) in [5, 5.41) is 0. The molecule has 0 rings (SSSR count). The lowest BCUT2D eigenvalue weighted by Gasteiger charge is -2.44. The van der Waals surface area contributed by atoms with Crippen molar-refractivity contribution < 1.29 is 0 Å². The molecule has 0 atom stereocenters. The Kier molecular flexibility index (Phi) is 9.78. The molecule has 23 heavy (non-hydrogen) atoms. The summed E-state index contributed by atoms with van der Waals surface area (Å²) in [5.41, 5.74) is 0. The fourth-order valence-corrected chi connectivity index (χ4v) is 11.1. The summed E-state index contributed by atoms with van der Waals surface area (Å²) < 4.78 is 21.8. The summed E-state index contributed by atoms with van der Waals surface area (Å²) in [5.74, 6) is 0. The van der Waals surface area contributed by atoms with E-state index in [1.165, 1.54) is 0 Å². The molecule has 0 aromatic carbocycles. The van der Waals surface area contributed by atoms with Gasteiger partial charge in [-0.1, -0.05) is 13.3 Å². The lowest BCUT2D eigenvalue weighted by Crippen LogP contribution is -2.32. The largest absolute Gasteiger partial charge is 0.255 e. The van der Waals surface area contributed by atoms with Crippen LogP contribution < -0.4 is 0 Å². The van der Waals surface area contributed by atoms with Gasteiger partial charge in [0.1, 0.15) is 0 Å². The number of hydrogen-bond donors (Lipinski definition) is 0. The minimum atomic E-state index is -2.11. The van der Waals surface area contributed by atoms with Crippen LogP contribution in [0.3, 0.4) is 0 Å². The van der Waals surface area contributed by atoms with Gasteiger partial charge >= 0.3 is 0 Å². The minimum absolute atomic E-state index is 0.860. The van der Waals surface area contributed by atoms with Crippen LogP contribution >= 0.6 is 15.0 Å². The Bertz CT molecular complexity index is 416. The van der Waals surface area contributed by atoms with Gasteiger partial charge in [0.05, 0.1) is 0 Å². The normalized spacial score (nSPS) is 13.7. The van der Waals surface area contributed by atoms with Crippen LogP contribution in [-0.2, 0) is 0 Å². The van der Waals surface area contributed by atoms with Crippen LogP contribution in [0.25, 0.3) is 0 Å². The Morgan fingerprint density at radius 1 is 0.652 bits per heavy atom. The first-order valence-electron chi connectivity index (χ1n) is 8.10. The molecule has 0 aromatic rings. The fraction of sp³-hybridized carbons (Fsp3) is 1.00. The van der Waals surface area contributed by atoms with Gasteiger partial charge in [0, 0.05) is 6.54 Å². The van der Waals surface area contributed by atoms with Crippen molar-refractivity contribution in [2.45, 2.75) is 19.8 Å². The third-order valence-corrected chi connectivity index (χ3v) is 11.6. The van der Waals surface area contributed by atoms with E-state index in [1.54, 1.807) is 0 Å². The zero-order chi connectivity index (χ0) is 18.4. The van der Waals surface area contributed by atoms with E-state index in [1.807, 2.05) is 0 Å². The van der Waals surface area contributed by atoms with Crippen molar-refractivity contribution in [3.05, 3.63) is 0 Å². The first-order chi connectivity index (χ1) is 10.5. The van der Waals surface area contributed by atoms with E-state index in [9.17, 15) is 0 Å². The Balaban J connectivity index is 6.62. The Hall–Kier alpha value is 0.260. The molecule has 0 spiro atoms. The van der Waals surface area contributed by atoms with Gasteiger partial charge in [-0.3, -0.25) is 18.8 Å². The van der Waals surface area contributed by atoms with Crippen molar-refractivity contribution >= 4 is 15.0 Å². The van der Waals surface area contributed by atoms with Gasteiger partial charge in [0.15, 0.2) is 7.51 Å². The van der Waals surface area contributed by atoms with E-state index in [-0.39, 0.29) is 0 Å². The zero-order valence-corrected chi connectivity index (χ0v) is 18.9. The van der Waals surface area contributed by atoms with Crippen molar-refractivity contribution in [1.82, 2.24) is 23.4 Å². The first kappa shape index (κ1) is 23.3. The highest BCUT2D eigenvalue weighted by Gasteiger charge is 2.35. The smallest absolute Gasteiger partial charge is 0.212 e. The molecule has 0 amide bonds. The molecule has 0 aromatic heterocycles. The number of nitrogens with zero attached hydrogens (tertiary/aromatic N) is 7. The molecule has 0 saturated heterocycles. The SMILES string of the molecule is CCCCN=P(N=P(N(C)C)(N(C)C)N(C)C)(N(C)C)N(C)C. The summed E-state index contributed by atoms with van der Waals surface area (Å²) in [6, 6.07) is 0. The van der Waals surface area contributed by atoms with Gasteiger partial charge in [-0.25, -0.2) is 9.34 Å². The molecule has 0 radical (unpaired) electrons. The fourth-order valence-electron chi connectivity index (χ4n) is 2.64. The Morgan fingerprint density at radius 3 is 1.30 bits per heavy atom. The maximum absolute atomic E-state index is 5.49. The van der Waals surface area contributed by atoms with Crippen molar-refractivity contribution in [3.63, 3.8) is 0 Å². The second-order valence-electron chi connectivity index (χ2n) is 6.62. The quantitative estimate of drug-likeness (QED) is 0.461. The summed E-state index contributed by atoms with van der Waals surface area (Å²) in [6.07, 6.45) is 2.26. The number of unbranched alkanes of at least 4 members (excludes halogenated alkanes) is 1. The van der Waals surface area contributed by atoms with Gasteiger partial charge < -0.3 is 0 Å². The van der Waals surface area contributed by atoms with Crippen molar-refractivity contribution in [2.24, 2.45) is 9.26 Å². The van der Waals surface area contributed by atoms with Crippen molar-refractivity contribution in [3.8, 4) is 0 Å². The number of rotatable bonds is 9. The molecule has 0 saturated carbocycles. The van der Waals surface area contributed by atoms with Gasteiger partial charge in [-0.05, 0) is 76.9 Å². The van der Waals surface area contributed by atoms with E-state index < -0.39 is 15.0 Å². The molecule has 0 aliphatic heterocycles. The maximum atomic E-state index is 5.49. The molecule has 0 aliphatic rings. The molecule has 9 heteroatoms. The molecular formula is C14H39N7P2. The molecule has 0 N–H and O–H groups in total. The van der Waals surface area contributed by atoms with Gasteiger partial charge in [-0.15, -0.1) is 0 Å². The second kappa shape index (κ2) is 9.67. The molecule has 0 heterocycles. The highest BCUT2D eigenvalue weighted by Crippen LogP contribution is 2.67. The summed E-state index contributed by atoms with van der Waals surface area (Å²) in [7, 11) is 17.0. The Morgan fingerprint density at radius 2 is 1.04 bits per heavy atom. The van der Waals surface area contributed by atoms with E-state index in [4.69, 9.17) is 9.26 Å². The lowest BCUT2D eigenvalue weighted by molar-refractivity contribution is 0.472. The number of hydrogen-bond acceptors (Lipinski definition) is 1. The van der Waals surface area contributed by atoms with Crippen LogP contribution in [0, 0.1) is 0 Å². The topological polar surface area (TPSA) is 40.9 Å². The highest BCUT2D eigenvalue weighted by molar-refractivity contribution is 7.71. The predicted molar refractivity (Wildman–Crippen MR) is 107 cm³/mol. The van der Waals surface area contributed by atoms with Crippen LogP contribution in [0.5, 0.6) is 0 Å². The second-order valence-corrected chi connectivity index (χ2v) is 13.8. The van der Waals surface area contributed by atoms with Gasteiger partial charge in [0.25, 0.3) is 0 Å². The average Bonchev–Trinajstić information content (AvgIpc) is 2.40. The molecule has 0 aliphatic carbocycles. The molecule has 0 unspecified atom stereocenters. The standard InChI is InChI=1S/C14H39N7P2/c1-12-13-14-15-22(17(2)3,18(4)5)16-23(19(6)7,20(8)9)21(10)11/h12-14H2,1-11H3. The van der Waals surface area contributed by atoms with E-state index in [2.05, 4.69) is 101 Å². The molecule has 140 valence electrons. The summed E-state index contributed by atoms with van der Waals surface area (Å²) in [4.78, 5) is 0. The highest BCUT2D eigenvalue weighted by atomic mass is 31.2. The average molecular weight is 367 g/mol. The van der Waals surface area contributed by atoms with Crippen LogP contribution in [0.15, 0.2) is 9.26 Å². The molecule has 0 fully saturated rings. The zero-order valence-electron chi connectivity index (χ0n) is 17.1. The maximum Gasteiger partial charge on any atom is 0.212 e. The molecular weight excluding hydrogens is 328 g/mol. The molecule has 0 bridgehead atoms. The van der Waals surface area contributed by atoms with Crippen LogP contribution in [-0.4, -0.2) is 100 Å².